The second kappa shape index (κ2) is 6.01. The summed E-state index contributed by atoms with van der Waals surface area (Å²) in [6.45, 7) is 0. The molecule has 0 aromatic carbocycles. The van der Waals surface area contributed by atoms with Crippen molar-refractivity contribution in [1.29, 1.82) is 0 Å². The molecule has 0 fully saturated rings. The van der Waals surface area contributed by atoms with Crippen LogP contribution in [0.4, 0.5) is 17.8 Å². The Hall–Kier alpha value is 0.436. The van der Waals surface area contributed by atoms with E-state index in [4.69, 9.17) is 17.2 Å². The van der Waals surface area contributed by atoms with Gasteiger partial charge >= 0.3 is 60.8 Å². The summed E-state index contributed by atoms with van der Waals surface area (Å²) in [5.41, 5.74) is 15.4. The molecule has 1 aromatic heterocycles. The van der Waals surface area contributed by atoms with Crippen LogP contribution in [0.15, 0.2) is 0 Å². The first-order chi connectivity index (χ1) is 4.18. The summed E-state index contributed by atoms with van der Waals surface area (Å²) in [6.07, 6.45) is 0. The van der Waals surface area contributed by atoms with E-state index in [2.05, 4.69) is 15.0 Å². The molecule has 0 saturated heterocycles. The average Bonchev–Trinajstić information content (AvgIpc) is 1.59. The normalized spacial score (nSPS) is 7.64. The molecule has 0 amide bonds. The molecule has 0 aliphatic rings. The van der Waals surface area contributed by atoms with Crippen molar-refractivity contribution in [3.63, 3.8) is 0 Å². The molecule has 1 heterocycles. The van der Waals surface area contributed by atoms with Crippen LogP contribution in [0, 0.1) is 0 Å². The van der Waals surface area contributed by atoms with Crippen molar-refractivity contribution >= 4 is 78.6 Å². The standard InChI is InChI=1S/C3H6N6.Ca.Mg.4H/c4-1-7-2(5)9-3(6)8-1;;;;;;/h(H6,4,5,6,7,8,9);;;;;;. The molecule has 0 aliphatic carbocycles. The Morgan fingerprint density at radius 2 is 0.909 bits per heavy atom. The van der Waals surface area contributed by atoms with E-state index >= 15 is 0 Å². The minimum Gasteiger partial charge on any atom is 0.316 e. The fraction of sp³-hybridized carbons (Fsp3) is 0. The van der Waals surface area contributed by atoms with Crippen LogP contribution >= 0.6 is 0 Å². The third-order valence-electron chi connectivity index (χ3n) is 0.687. The first-order valence-corrected chi connectivity index (χ1v) is 2.21. The van der Waals surface area contributed by atoms with Crippen molar-refractivity contribution in [2.24, 2.45) is 0 Å². The molecule has 56 valence electrons. The molecular weight excluding hydrogens is 184 g/mol. The van der Waals surface area contributed by atoms with Gasteiger partial charge in [-0.05, 0) is 0 Å². The minimum atomic E-state index is 0. The molecular formula is C3H10CaMgN6. The zero-order valence-electron chi connectivity index (χ0n) is 4.57. The topological polar surface area (TPSA) is 117 Å². The van der Waals surface area contributed by atoms with Crippen molar-refractivity contribution in [2.75, 3.05) is 17.2 Å². The van der Waals surface area contributed by atoms with E-state index in [1.54, 1.807) is 0 Å². The van der Waals surface area contributed by atoms with Gasteiger partial charge in [0.2, 0.25) is 17.8 Å². The molecule has 0 atom stereocenters. The maximum absolute atomic E-state index is 5.14. The summed E-state index contributed by atoms with van der Waals surface area (Å²) in [6, 6.07) is 0. The Morgan fingerprint density at radius 3 is 1.09 bits per heavy atom. The van der Waals surface area contributed by atoms with Crippen LogP contribution in [0.2, 0.25) is 0 Å². The van der Waals surface area contributed by atoms with Crippen LogP contribution in [0.3, 0.4) is 0 Å². The Kier molecular flexibility index (Phi) is 7.64. The van der Waals surface area contributed by atoms with Gasteiger partial charge in [0.1, 0.15) is 0 Å². The predicted octanol–water partition coefficient (Wildman–Crippen LogP) is -3.21. The van der Waals surface area contributed by atoms with E-state index in [9.17, 15) is 0 Å². The van der Waals surface area contributed by atoms with Crippen molar-refractivity contribution < 1.29 is 0 Å². The van der Waals surface area contributed by atoms with Crippen LogP contribution in [-0.2, 0) is 0 Å². The summed E-state index contributed by atoms with van der Waals surface area (Å²) in [5.74, 6) is 0.125. The SMILES string of the molecule is Nc1nc(N)nc(N)n1.[CaH2].[MgH2]. The Morgan fingerprint density at radius 1 is 0.727 bits per heavy atom. The van der Waals surface area contributed by atoms with Crippen molar-refractivity contribution in [3.05, 3.63) is 0 Å². The maximum atomic E-state index is 5.14. The number of hydrogen-bond donors (Lipinski definition) is 3. The molecule has 0 unspecified atom stereocenters. The van der Waals surface area contributed by atoms with Gasteiger partial charge in [-0.1, -0.05) is 0 Å². The molecule has 6 nitrogen and oxygen atoms in total. The molecule has 0 spiro atoms. The van der Waals surface area contributed by atoms with Gasteiger partial charge in [0.05, 0.1) is 0 Å². The van der Waals surface area contributed by atoms with Crippen LogP contribution < -0.4 is 17.2 Å². The molecule has 8 heteroatoms. The van der Waals surface area contributed by atoms with Crippen molar-refractivity contribution in [3.8, 4) is 0 Å². The van der Waals surface area contributed by atoms with E-state index in [0.717, 1.165) is 0 Å². The van der Waals surface area contributed by atoms with Gasteiger partial charge in [0.25, 0.3) is 0 Å². The quantitative estimate of drug-likeness (QED) is 0.374. The zero-order chi connectivity index (χ0) is 6.85. The molecule has 0 saturated carbocycles. The number of anilines is 3. The van der Waals surface area contributed by atoms with E-state index in [1.807, 2.05) is 0 Å². The molecule has 1 aromatic rings. The maximum Gasteiger partial charge on any atom is 0.316 e. The summed E-state index contributed by atoms with van der Waals surface area (Å²) in [7, 11) is 0. The fourth-order valence-corrected chi connectivity index (χ4v) is 0.427. The van der Waals surface area contributed by atoms with Crippen LogP contribution in [-0.4, -0.2) is 75.7 Å². The van der Waals surface area contributed by atoms with Gasteiger partial charge < -0.3 is 17.2 Å². The molecule has 11 heavy (non-hydrogen) atoms. The van der Waals surface area contributed by atoms with E-state index in [1.165, 1.54) is 0 Å². The van der Waals surface area contributed by atoms with E-state index in [-0.39, 0.29) is 78.6 Å². The van der Waals surface area contributed by atoms with Crippen LogP contribution in [0.25, 0.3) is 0 Å². The van der Waals surface area contributed by atoms with Gasteiger partial charge in [-0.25, -0.2) is 0 Å². The van der Waals surface area contributed by atoms with Crippen molar-refractivity contribution in [2.45, 2.75) is 0 Å². The molecule has 6 N–H and O–H groups in total. The summed E-state index contributed by atoms with van der Waals surface area (Å²) in [5, 5.41) is 0. The van der Waals surface area contributed by atoms with Crippen LogP contribution in [0.1, 0.15) is 0 Å². The third-order valence-corrected chi connectivity index (χ3v) is 0.687. The van der Waals surface area contributed by atoms with Gasteiger partial charge in [-0.2, -0.15) is 15.0 Å². The summed E-state index contributed by atoms with van der Waals surface area (Å²) >= 11 is 0. The molecule has 0 aliphatic heterocycles. The fourth-order valence-electron chi connectivity index (χ4n) is 0.427. The number of rotatable bonds is 0. The van der Waals surface area contributed by atoms with E-state index < -0.39 is 0 Å². The van der Waals surface area contributed by atoms with Gasteiger partial charge in [-0.3, -0.25) is 0 Å². The molecule has 1 rings (SSSR count). The van der Waals surface area contributed by atoms with Gasteiger partial charge in [0, 0.05) is 0 Å². The monoisotopic (exact) mass is 194 g/mol. The third kappa shape index (κ3) is 4.80. The van der Waals surface area contributed by atoms with E-state index in [0.29, 0.717) is 0 Å². The number of nitrogens with two attached hydrogens (primary N) is 3. The molecule has 0 bridgehead atoms. The van der Waals surface area contributed by atoms with Gasteiger partial charge in [-0.15, -0.1) is 0 Å². The smallest absolute Gasteiger partial charge is 0.316 e. The molecule has 0 radical (unpaired) electrons. The second-order valence-electron chi connectivity index (χ2n) is 1.41. The average molecular weight is 195 g/mol. The first kappa shape index (κ1) is 14.0. The number of hydrogen-bond acceptors (Lipinski definition) is 6. The summed E-state index contributed by atoms with van der Waals surface area (Å²) < 4.78 is 0. The number of nitrogens with zero attached hydrogens (tertiary/aromatic N) is 3. The Bertz CT molecular complexity index is 179. The number of aromatic nitrogens is 3. The Labute approximate surface area is 109 Å². The zero-order valence-corrected chi connectivity index (χ0v) is 4.57. The number of nitrogen functional groups attached to an aromatic ring is 3. The largest absolute Gasteiger partial charge is 0.316 e. The summed E-state index contributed by atoms with van der Waals surface area (Å²) in [4.78, 5) is 10.5. The predicted molar refractivity (Wildman–Crippen MR) is 50.2 cm³/mol. The van der Waals surface area contributed by atoms with Gasteiger partial charge in [0.15, 0.2) is 0 Å². The Balaban J connectivity index is 0. The second-order valence-corrected chi connectivity index (χ2v) is 1.41. The van der Waals surface area contributed by atoms with Crippen LogP contribution in [0.5, 0.6) is 0 Å². The van der Waals surface area contributed by atoms with Crippen molar-refractivity contribution in [1.82, 2.24) is 15.0 Å². The first-order valence-electron chi connectivity index (χ1n) is 2.21. The minimum absolute atomic E-state index is 0.